The van der Waals surface area contributed by atoms with E-state index >= 15 is 0 Å². The van der Waals surface area contributed by atoms with Crippen molar-refractivity contribution in [1.82, 2.24) is 9.88 Å². The normalized spacial score (nSPS) is 21.2. The molecule has 2 N–H and O–H groups in total. The molecule has 1 fully saturated rings. The number of hydrogen-bond acceptors (Lipinski definition) is 5. The molecule has 0 bridgehead atoms. The van der Waals surface area contributed by atoms with E-state index in [0.29, 0.717) is 11.6 Å². The number of carbonyl (C=O) groups is 2. The van der Waals surface area contributed by atoms with Crippen LogP contribution in [0.2, 0.25) is 0 Å². The number of nitrogen functional groups attached to an aromatic ring is 1. The number of anilines is 2. The van der Waals surface area contributed by atoms with Crippen LogP contribution < -0.4 is 15.4 Å². The molecular formula is C17H24N4O3. The van der Waals surface area contributed by atoms with Gasteiger partial charge in [0.15, 0.2) is 17.7 Å². The van der Waals surface area contributed by atoms with Crippen molar-refractivity contribution in [1.29, 1.82) is 0 Å². The zero-order chi connectivity index (χ0) is 17.3. The molecule has 7 heteroatoms. The van der Waals surface area contributed by atoms with E-state index in [1.165, 1.54) is 11.3 Å². The molecule has 2 aliphatic rings. The molecule has 1 atom stereocenters. The second-order valence-electron chi connectivity index (χ2n) is 6.54. The maximum absolute atomic E-state index is 12.7. The average molecular weight is 332 g/mol. The second-order valence-corrected chi connectivity index (χ2v) is 6.54. The highest BCUT2D eigenvalue weighted by atomic mass is 16.5. The van der Waals surface area contributed by atoms with E-state index in [1.54, 1.807) is 24.0 Å². The topological polar surface area (TPSA) is 88.8 Å². The number of ether oxygens (including phenoxy) is 1. The van der Waals surface area contributed by atoms with E-state index in [2.05, 4.69) is 4.98 Å². The Morgan fingerprint density at radius 2 is 2.08 bits per heavy atom. The fourth-order valence-electron chi connectivity index (χ4n) is 3.37. The fourth-order valence-corrected chi connectivity index (χ4v) is 3.37. The van der Waals surface area contributed by atoms with E-state index in [-0.39, 0.29) is 30.2 Å². The minimum atomic E-state index is -0.643. The van der Waals surface area contributed by atoms with E-state index in [4.69, 9.17) is 10.5 Å². The minimum Gasteiger partial charge on any atom is -0.477 e. The van der Waals surface area contributed by atoms with Gasteiger partial charge in [-0.3, -0.25) is 14.5 Å². The van der Waals surface area contributed by atoms with Gasteiger partial charge in [-0.05, 0) is 31.9 Å². The first kappa shape index (κ1) is 16.5. The molecule has 1 aliphatic heterocycles. The summed E-state index contributed by atoms with van der Waals surface area (Å²) in [5.74, 6) is 0.733. The van der Waals surface area contributed by atoms with Gasteiger partial charge < -0.3 is 15.4 Å². The number of aromatic nitrogens is 1. The number of nitrogens with zero attached hydrogens (tertiary/aromatic N) is 3. The maximum atomic E-state index is 12.7. The van der Waals surface area contributed by atoms with Crippen LogP contribution in [0.3, 0.4) is 0 Å². The number of likely N-dealkylation sites (N-methyl/N-ethyl adjacent to an activating group) is 1. The smallest absolute Gasteiger partial charge is 0.269 e. The molecule has 0 radical (unpaired) electrons. The number of nitrogens with two attached hydrogens (primary N) is 1. The summed E-state index contributed by atoms with van der Waals surface area (Å²) in [4.78, 5) is 32.5. The zero-order valence-corrected chi connectivity index (χ0v) is 14.2. The lowest BCUT2D eigenvalue weighted by Gasteiger charge is -2.35. The van der Waals surface area contributed by atoms with Crippen LogP contribution in [0.1, 0.15) is 39.0 Å². The van der Waals surface area contributed by atoms with Gasteiger partial charge in [0, 0.05) is 13.1 Å². The number of pyridine rings is 1. The predicted octanol–water partition coefficient (Wildman–Crippen LogP) is 1.57. The van der Waals surface area contributed by atoms with Crippen LogP contribution >= 0.6 is 0 Å². The van der Waals surface area contributed by atoms with Gasteiger partial charge in [0.2, 0.25) is 5.91 Å². The first-order chi connectivity index (χ1) is 11.5. The fraction of sp³-hybridized carbons (Fsp3) is 0.588. The molecule has 130 valence electrons. The van der Waals surface area contributed by atoms with Gasteiger partial charge in [-0.25, -0.2) is 4.98 Å². The molecule has 1 aromatic heterocycles. The van der Waals surface area contributed by atoms with Gasteiger partial charge in [-0.1, -0.05) is 19.3 Å². The number of rotatable bonds is 3. The van der Waals surface area contributed by atoms with Crippen molar-refractivity contribution < 1.29 is 14.3 Å². The van der Waals surface area contributed by atoms with Gasteiger partial charge in [0.1, 0.15) is 12.4 Å². The van der Waals surface area contributed by atoms with Crippen molar-refractivity contribution in [3.63, 3.8) is 0 Å². The summed E-state index contributed by atoms with van der Waals surface area (Å²) in [6.45, 7) is 1.63. The highest BCUT2D eigenvalue weighted by Gasteiger charge is 2.35. The van der Waals surface area contributed by atoms with Crippen LogP contribution in [0.25, 0.3) is 0 Å². The van der Waals surface area contributed by atoms with Gasteiger partial charge in [-0.15, -0.1) is 0 Å². The summed E-state index contributed by atoms with van der Waals surface area (Å²) in [6.07, 6.45) is 4.94. The van der Waals surface area contributed by atoms with Crippen molar-refractivity contribution in [2.45, 2.75) is 51.2 Å². The summed E-state index contributed by atoms with van der Waals surface area (Å²) in [5, 5.41) is 0. The zero-order valence-electron chi connectivity index (χ0n) is 14.2. The highest BCUT2D eigenvalue weighted by Crippen LogP contribution is 2.33. The molecule has 0 aromatic carbocycles. The Bertz CT molecular complexity index is 643. The van der Waals surface area contributed by atoms with Gasteiger partial charge in [0.05, 0.1) is 0 Å². The van der Waals surface area contributed by atoms with Crippen molar-refractivity contribution in [3.8, 4) is 5.75 Å². The summed E-state index contributed by atoms with van der Waals surface area (Å²) in [5.41, 5.74) is 5.73. The first-order valence-electron chi connectivity index (χ1n) is 8.47. The molecule has 7 nitrogen and oxygen atoms in total. The minimum absolute atomic E-state index is 0.0387. The lowest BCUT2D eigenvalue weighted by atomic mass is 9.94. The molecule has 24 heavy (non-hydrogen) atoms. The van der Waals surface area contributed by atoms with Crippen molar-refractivity contribution in [3.05, 3.63) is 12.1 Å². The summed E-state index contributed by atoms with van der Waals surface area (Å²) in [6, 6.07) is 3.56. The van der Waals surface area contributed by atoms with Crippen molar-refractivity contribution in [2.75, 3.05) is 24.2 Å². The van der Waals surface area contributed by atoms with Crippen molar-refractivity contribution in [2.24, 2.45) is 0 Å². The van der Waals surface area contributed by atoms with Crippen LogP contribution in [0, 0.1) is 0 Å². The predicted molar refractivity (Wildman–Crippen MR) is 90.7 cm³/mol. The molecule has 2 heterocycles. The Morgan fingerprint density at radius 3 is 2.79 bits per heavy atom. The SMILES string of the molecule is CC1Oc2ccc(N)nc2N(CC(=O)N(C)C2CCCCC2)C1=O. The van der Waals surface area contributed by atoms with Gasteiger partial charge in [0.25, 0.3) is 5.91 Å². The third-order valence-electron chi connectivity index (χ3n) is 4.84. The number of amides is 2. The summed E-state index contributed by atoms with van der Waals surface area (Å²) in [7, 11) is 1.82. The quantitative estimate of drug-likeness (QED) is 0.907. The first-order valence-corrected chi connectivity index (χ1v) is 8.47. The molecule has 0 spiro atoms. The van der Waals surface area contributed by atoms with Gasteiger partial charge >= 0.3 is 0 Å². The van der Waals surface area contributed by atoms with Crippen LogP contribution in [0.4, 0.5) is 11.6 Å². The highest BCUT2D eigenvalue weighted by molar-refractivity contribution is 6.02. The third kappa shape index (κ3) is 3.16. The number of hydrogen-bond donors (Lipinski definition) is 1. The standard InChI is InChI=1S/C17H24N4O3/c1-11-17(23)21(16-13(24-11)8-9-14(18)19-16)10-15(22)20(2)12-6-4-3-5-7-12/h8-9,11-12H,3-7,10H2,1-2H3,(H2,18,19). The van der Waals surface area contributed by atoms with E-state index < -0.39 is 6.10 Å². The molecule has 1 aliphatic carbocycles. The molecule has 1 saturated carbocycles. The van der Waals surface area contributed by atoms with Gasteiger partial charge in [-0.2, -0.15) is 0 Å². The van der Waals surface area contributed by atoms with E-state index in [1.807, 2.05) is 7.05 Å². The largest absolute Gasteiger partial charge is 0.477 e. The molecule has 1 aromatic rings. The Morgan fingerprint density at radius 1 is 1.38 bits per heavy atom. The van der Waals surface area contributed by atoms with Crippen LogP contribution in [0.15, 0.2) is 12.1 Å². The van der Waals surface area contributed by atoms with E-state index in [9.17, 15) is 9.59 Å². The third-order valence-corrected chi connectivity index (χ3v) is 4.84. The molecule has 0 saturated heterocycles. The Balaban J connectivity index is 1.79. The van der Waals surface area contributed by atoms with Crippen LogP contribution in [-0.4, -0.2) is 47.4 Å². The average Bonchev–Trinajstić information content (AvgIpc) is 2.59. The van der Waals surface area contributed by atoms with E-state index in [0.717, 1.165) is 25.7 Å². The molecule has 1 unspecified atom stereocenters. The molecular weight excluding hydrogens is 308 g/mol. The molecule has 3 rings (SSSR count). The Kier molecular flexibility index (Phi) is 4.59. The summed E-state index contributed by atoms with van der Waals surface area (Å²) < 4.78 is 5.55. The molecule has 2 amide bonds. The number of fused-ring (bicyclic) bond motifs is 1. The monoisotopic (exact) mass is 332 g/mol. The lowest BCUT2D eigenvalue weighted by molar-refractivity contribution is -0.134. The Hall–Kier alpha value is -2.31. The lowest BCUT2D eigenvalue weighted by Crippen LogP contribution is -2.51. The number of carbonyl (C=O) groups excluding carboxylic acids is 2. The Labute approximate surface area is 141 Å². The summed E-state index contributed by atoms with van der Waals surface area (Å²) >= 11 is 0. The van der Waals surface area contributed by atoms with Crippen LogP contribution in [0.5, 0.6) is 5.75 Å². The van der Waals surface area contributed by atoms with Crippen molar-refractivity contribution >= 4 is 23.5 Å². The maximum Gasteiger partial charge on any atom is 0.269 e. The second kappa shape index (κ2) is 6.67. The van der Waals surface area contributed by atoms with Crippen LogP contribution in [-0.2, 0) is 9.59 Å².